The number of carboxylic acids is 1. The molecule has 0 atom stereocenters. The highest BCUT2D eigenvalue weighted by molar-refractivity contribution is 5.86. The van der Waals surface area contributed by atoms with E-state index in [9.17, 15) is 4.79 Å². The van der Waals surface area contributed by atoms with Crippen LogP contribution in [0.15, 0.2) is 42.2 Å². The zero-order valence-electron chi connectivity index (χ0n) is 10.2. The number of benzene rings is 1. The first-order valence-corrected chi connectivity index (χ1v) is 5.30. The Kier molecular flexibility index (Phi) is 4.52. The lowest BCUT2D eigenvalue weighted by Gasteiger charge is -2.02. The number of allylic oxidation sites excluding steroid dienone is 2. The summed E-state index contributed by atoms with van der Waals surface area (Å²) < 4.78 is 5.38. The molecule has 1 rings (SSSR count). The van der Waals surface area contributed by atoms with E-state index in [4.69, 9.17) is 9.84 Å². The molecule has 1 N–H and O–H groups in total. The van der Waals surface area contributed by atoms with E-state index in [0.717, 1.165) is 16.9 Å². The number of aliphatic carboxylic acids is 1. The predicted molar refractivity (Wildman–Crippen MR) is 67.1 cm³/mol. The summed E-state index contributed by atoms with van der Waals surface area (Å²) in [6, 6.07) is 5.90. The van der Waals surface area contributed by atoms with Gasteiger partial charge in [-0.25, -0.2) is 4.79 Å². The molecule has 0 aliphatic rings. The second-order valence-corrected chi connectivity index (χ2v) is 3.92. The minimum Gasteiger partial charge on any atom is -0.478 e. The van der Waals surface area contributed by atoms with Gasteiger partial charge in [0.15, 0.2) is 0 Å². The summed E-state index contributed by atoms with van der Waals surface area (Å²) in [5, 5.41) is 8.63. The van der Waals surface area contributed by atoms with E-state index in [-0.39, 0.29) is 5.57 Å². The monoisotopic (exact) mass is 232 g/mol. The quantitative estimate of drug-likeness (QED) is 0.492. The number of rotatable bonds is 4. The highest BCUT2D eigenvalue weighted by Crippen LogP contribution is 2.16. The molecular weight excluding hydrogens is 216 g/mol. The normalized spacial score (nSPS) is 11.8. The van der Waals surface area contributed by atoms with Crippen LogP contribution < -0.4 is 4.74 Å². The van der Waals surface area contributed by atoms with Gasteiger partial charge >= 0.3 is 5.97 Å². The minimum absolute atomic E-state index is 0.269. The van der Waals surface area contributed by atoms with Gasteiger partial charge in [0.05, 0.1) is 6.26 Å². The van der Waals surface area contributed by atoms with E-state index in [1.54, 1.807) is 6.08 Å². The molecule has 0 fully saturated rings. The van der Waals surface area contributed by atoms with E-state index >= 15 is 0 Å². The molecule has 0 spiro atoms. The summed E-state index contributed by atoms with van der Waals surface area (Å²) in [6.07, 6.45) is 4.53. The Bertz CT molecular complexity index is 450. The van der Waals surface area contributed by atoms with Gasteiger partial charge in [0, 0.05) is 5.57 Å². The van der Waals surface area contributed by atoms with Crippen molar-refractivity contribution >= 4 is 5.97 Å². The minimum atomic E-state index is -0.930. The number of hydrogen-bond acceptors (Lipinski definition) is 2. The molecule has 3 heteroatoms. The average molecular weight is 232 g/mol. The first-order valence-electron chi connectivity index (χ1n) is 5.30. The Hall–Kier alpha value is -2.03. The number of hydrogen-bond donors (Lipinski definition) is 1. The molecule has 3 nitrogen and oxygen atoms in total. The molecule has 0 aliphatic heterocycles. The van der Waals surface area contributed by atoms with Crippen molar-refractivity contribution in [2.45, 2.75) is 20.8 Å². The number of carboxylic acid groups (broad SMARTS) is 1. The molecule has 0 radical (unpaired) electrons. The van der Waals surface area contributed by atoms with Crippen LogP contribution in [0.2, 0.25) is 0 Å². The smallest absolute Gasteiger partial charge is 0.331 e. The SMILES string of the molecule is C/C(=C\C=C\Oc1cc(C)cc(C)c1)C(=O)O. The van der Waals surface area contributed by atoms with Gasteiger partial charge in [-0.1, -0.05) is 6.07 Å². The standard InChI is InChI=1S/C14H16O3/c1-10-7-11(2)9-13(8-10)17-6-4-5-12(3)14(15)16/h4-9H,1-3H3,(H,15,16)/b6-4+,12-5+. The number of aryl methyl sites for hydroxylation is 2. The third-order valence-electron chi connectivity index (χ3n) is 2.16. The van der Waals surface area contributed by atoms with Crippen molar-refractivity contribution < 1.29 is 14.6 Å². The molecular formula is C14H16O3. The van der Waals surface area contributed by atoms with Crippen LogP contribution in [0, 0.1) is 13.8 Å². The van der Waals surface area contributed by atoms with Gasteiger partial charge in [-0.2, -0.15) is 0 Å². The fourth-order valence-electron chi connectivity index (χ4n) is 1.37. The molecule has 17 heavy (non-hydrogen) atoms. The van der Waals surface area contributed by atoms with Gasteiger partial charge in [-0.15, -0.1) is 0 Å². The van der Waals surface area contributed by atoms with Crippen molar-refractivity contribution in [3.8, 4) is 5.75 Å². The molecule has 0 saturated carbocycles. The lowest BCUT2D eigenvalue weighted by atomic mass is 10.1. The van der Waals surface area contributed by atoms with E-state index < -0.39 is 5.97 Å². The van der Waals surface area contributed by atoms with Crippen LogP contribution in [-0.2, 0) is 4.79 Å². The molecule has 0 amide bonds. The van der Waals surface area contributed by atoms with E-state index in [1.807, 2.05) is 26.0 Å². The van der Waals surface area contributed by atoms with Crippen molar-refractivity contribution in [3.63, 3.8) is 0 Å². The Morgan fingerprint density at radius 1 is 1.24 bits per heavy atom. The first-order chi connectivity index (χ1) is 7.99. The van der Waals surface area contributed by atoms with Gasteiger partial charge < -0.3 is 9.84 Å². The van der Waals surface area contributed by atoms with Gasteiger partial charge in [-0.05, 0) is 56.2 Å². The molecule has 0 bridgehead atoms. The summed E-state index contributed by atoms with van der Waals surface area (Å²) in [5.74, 6) is -0.179. The van der Waals surface area contributed by atoms with Crippen LogP contribution in [0.25, 0.3) is 0 Å². The third-order valence-corrected chi connectivity index (χ3v) is 2.16. The van der Waals surface area contributed by atoms with Crippen LogP contribution in [0.3, 0.4) is 0 Å². The first kappa shape index (κ1) is 13.0. The number of carbonyl (C=O) groups is 1. The molecule has 0 aromatic heterocycles. The fraction of sp³-hybridized carbons (Fsp3) is 0.214. The van der Waals surface area contributed by atoms with Gasteiger partial charge in [0.1, 0.15) is 5.75 Å². The van der Waals surface area contributed by atoms with E-state index in [0.29, 0.717) is 0 Å². The maximum atomic E-state index is 10.5. The largest absolute Gasteiger partial charge is 0.478 e. The maximum absolute atomic E-state index is 10.5. The van der Waals surface area contributed by atoms with Gasteiger partial charge in [-0.3, -0.25) is 0 Å². The lowest BCUT2D eigenvalue weighted by Crippen LogP contribution is -1.94. The Balaban J connectivity index is 2.64. The summed E-state index contributed by atoms with van der Waals surface area (Å²) in [6.45, 7) is 5.53. The topological polar surface area (TPSA) is 46.5 Å². The molecule has 1 aromatic rings. The van der Waals surface area contributed by atoms with Crippen LogP contribution in [0.1, 0.15) is 18.1 Å². The third kappa shape index (κ3) is 4.55. The Morgan fingerprint density at radius 3 is 2.35 bits per heavy atom. The predicted octanol–water partition coefficient (Wildman–Crippen LogP) is 3.23. The lowest BCUT2D eigenvalue weighted by molar-refractivity contribution is -0.132. The van der Waals surface area contributed by atoms with Crippen molar-refractivity contribution in [2.24, 2.45) is 0 Å². The van der Waals surface area contributed by atoms with Crippen molar-refractivity contribution in [1.29, 1.82) is 0 Å². The molecule has 1 aromatic carbocycles. The molecule has 0 aliphatic carbocycles. The second kappa shape index (κ2) is 5.89. The van der Waals surface area contributed by atoms with Crippen LogP contribution in [0.5, 0.6) is 5.75 Å². The molecule has 0 unspecified atom stereocenters. The van der Waals surface area contributed by atoms with Crippen molar-refractivity contribution in [1.82, 2.24) is 0 Å². The Morgan fingerprint density at radius 2 is 1.82 bits per heavy atom. The highest BCUT2D eigenvalue weighted by atomic mass is 16.5. The van der Waals surface area contributed by atoms with E-state index in [2.05, 4.69) is 6.07 Å². The zero-order chi connectivity index (χ0) is 12.8. The fourth-order valence-corrected chi connectivity index (χ4v) is 1.37. The summed E-state index contributed by atoms with van der Waals surface area (Å²) in [7, 11) is 0. The maximum Gasteiger partial charge on any atom is 0.331 e. The van der Waals surface area contributed by atoms with Crippen molar-refractivity contribution in [2.75, 3.05) is 0 Å². The Labute approximate surface area is 101 Å². The molecule has 90 valence electrons. The average Bonchev–Trinajstić information content (AvgIpc) is 2.22. The zero-order valence-corrected chi connectivity index (χ0v) is 10.2. The highest BCUT2D eigenvalue weighted by Gasteiger charge is 1.96. The second-order valence-electron chi connectivity index (χ2n) is 3.92. The molecule has 0 saturated heterocycles. The van der Waals surface area contributed by atoms with Gasteiger partial charge in [0.25, 0.3) is 0 Å². The van der Waals surface area contributed by atoms with Crippen LogP contribution in [-0.4, -0.2) is 11.1 Å². The van der Waals surface area contributed by atoms with Gasteiger partial charge in [0.2, 0.25) is 0 Å². The summed E-state index contributed by atoms with van der Waals surface area (Å²) in [5.41, 5.74) is 2.53. The van der Waals surface area contributed by atoms with Crippen LogP contribution >= 0.6 is 0 Å². The summed E-state index contributed by atoms with van der Waals surface area (Å²) in [4.78, 5) is 10.5. The van der Waals surface area contributed by atoms with Crippen LogP contribution in [0.4, 0.5) is 0 Å². The molecule has 0 heterocycles. The van der Waals surface area contributed by atoms with Crippen molar-refractivity contribution in [3.05, 3.63) is 53.3 Å². The summed E-state index contributed by atoms with van der Waals surface area (Å²) >= 11 is 0. The van der Waals surface area contributed by atoms with E-state index in [1.165, 1.54) is 19.3 Å². The number of ether oxygens (including phenoxy) is 1.